The van der Waals surface area contributed by atoms with Gasteiger partial charge in [-0.2, -0.15) is 0 Å². The minimum atomic E-state index is -2.28. The first-order valence-corrected chi connectivity index (χ1v) is 21.1. The number of hydrogen-bond donors (Lipinski definition) is 20. The molecule has 31 heteroatoms. The fourth-order valence-corrected chi connectivity index (χ4v) is 8.39. The van der Waals surface area contributed by atoms with Crippen molar-refractivity contribution < 1.29 is 154 Å². The zero-order valence-electron chi connectivity index (χ0n) is 35.0. The van der Waals surface area contributed by atoms with E-state index in [2.05, 4.69) is 0 Å². The van der Waals surface area contributed by atoms with Crippen LogP contribution in [0.5, 0.6) is 0 Å². The van der Waals surface area contributed by atoms with Gasteiger partial charge in [0.25, 0.3) is 0 Å². The molecule has 20 N–H and O–H groups in total. The van der Waals surface area contributed by atoms with Crippen LogP contribution in [0.15, 0.2) is 0 Å². The smallest absolute Gasteiger partial charge is 0.187 e. The van der Waals surface area contributed by atoms with Gasteiger partial charge in [-0.15, -0.1) is 0 Å². The second kappa shape index (κ2) is 23.5. The fourth-order valence-electron chi connectivity index (χ4n) is 8.39. The molecule has 30 atom stereocenters. The lowest BCUT2D eigenvalue weighted by molar-refractivity contribution is -0.400. The first-order chi connectivity index (χ1) is 31.7. The lowest BCUT2D eigenvalue weighted by Gasteiger charge is -2.50. The molecule has 0 amide bonds. The first kappa shape index (κ1) is 55.1. The van der Waals surface area contributed by atoms with Crippen LogP contribution in [0.3, 0.4) is 0 Å². The molecule has 6 aliphatic heterocycles. The quantitative estimate of drug-likeness (QED) is 0.0683. The van der Waals surface area contributed by atoms with Gasteiger partial charge in [-0.25, -0.2) is 0 Å². The minimum absolute atomic E-state index is 0.839. The first-order valence-electron chi connectivity index (χ1n) is 21.1. The maximum Gasteiger partial charge on any atom is 0.187 e. The highest BCUT2D eigenvalue weighted by molar-refractivity contribution is 4.99. The molecule has 6 fully saturated rings. The summed E-state index contributed by atoms with van der Waals surface area (Å²) < 4.78 is 61.0. The number of ether oxygens (including phenoxy) is 11. The summed E-state index contributed by atoms with van der Waals surface area (Å²) in [5, 5.41) is 210. The van der Waals surface area contributed by atoms with Crippen LogP contribution >= 0.6 is 0 Å². The Kier molecular flexibility index (Phi) is 19.4. The molecule has 67 heavy (non-hydrogen) atoms. The average Bonchev–Trinajstić information content (AvgIpc) is 3.31. The zero-order chi connectivity index (χ0) is 49.3. The highest BCUT2D eigenvalue weighted by Crippen LogP contribution is 2.36. The topological polar surface area (TPSA) is 506 Å². The van der Waals surface area contributed by atoms with Crippen LogP contribution in [-0.2, 0) is 52.1 Å². The van der Waals surface area contributed by atoms with E-state index in [-0.39, 0.29) is 0 Å². The maximum absolute atomic E-state index is 11.5. The molecule has 6 rings (SSSR count). The third kappa shape index (κ3) is 11.4. The van der Waals surface area contributed by atoms with Crippen LogP contribution in [-0.4, -0.2) is 326 Å². The van der Waals surface area contributed by atoms with Crippen LogP contribution in [0, 0.1) is 0 Å². The van der Waals surface area contributed by atoms with Crippen molar-refractivity contribution in [3.63, 3.8) is 0 Å². The summed E-state index contributed by atoms with van der Waals surface area (Å²) in [6.07, 6.45) is -57.9. The molecule has 6 aliphatic rings. The second-order valence-corrected chi connectivity index (χ2v) is 16.8. The van der Waals surface area contributed by atoms with E-state index in [0.29, 0.717) is 0 Å². The van der Waals surface area contributed by atoms with Crippen LogP contribution in [0.2, 0.25) is 0 Å². The number of aliphatic hydroxyl groups excluding tert-OH is 20. The van der Waals surface area contributed by atoms with Crippen molar-refractivity contribution in [3.05, 3.63) is 0 Å². The summed E-state index contributed by atoms with van der Waals surface area (Å²) in [7, 11) is 0. The van der Waals surface area contributed by atoms with Gasteiger partial charge in [0.2, 0.25) is 0 Å². The molecular weight excluding hydrogens is 928 g/mol. The van der Waals surface area contributed by atoms with Crippen molar-refractivity contribution in [2.24, 2.45) is 0 Å². The van der Waals surface area contributed by atoms with Gasteiger partial charge in [0.05, 0.1) is 39.6 Å². The molecule has 1 unspecified atom stereocenters. The van der Waals surface area contributed by atoms with Gasteiger partial charge in [-0.1, -0.05) is 0 Å². The Morgan fingerprint density at radius 3 is 1.13 bits per heavy atom. The Hall–Kier alpha value is -1.24. The van der Waals surface area contributed by atoms with Gasteiger partial charge in [0, 0.05) is 0 Å². The minimum Gasteiger partial charge on any atom is -0.394 e. The summed E-state index contributed by atoms with van der Waals surface area (Å²) in [4.78, 5) is 0. The molecule has 0 radical (unpaired) electrons. The van der Waals surface area contributed by atoms with E-state index in [1.807, 2.05) is 0 Å². The van der Waals surface area contributed by atoms with Crippen LogP contribution < -0.4 is 0 Å². The standard InChI is InChI=1S/C36H62O31/c37-1-7-13(42)17(46)23(52)32(59-7)57-6-12-15(44)19(48)30(67-33-24(53)18(47)14(43)8(2-38)60-33)36(63-12)65-28-11(5-41)62-34(25(54)21(28)50)66-29-16(45)9(3-39)61-35(26(29)55)64-27-10(4-40)58-31(56)22(51)20(27)49/h7-56H,1-6H2/t7-,8-,9-,10-,11-,12-,13-,14-,15+,16+,17+,18+,19+,20-,21-,22+,23-,24-,25-,26-,27-,28+,29+,30-,31?,32-,33+,34-,35+,36+/m1/s1. The molecule has 0 aromatic carbocycles. The molecular formula is C36H62O31. The van der Waals surface area contributed by atoms with Gasteiger partial charge in [-0.05, 0) is 0 Å². The summed E-state index contributed by atoms with van der Waals surface area (Å²) in [5.41, 5.74) is 0. The van der Waals surface area contributed by atoms with Crippen LogP contribution in [0.4, 0.5) is 0 Å². The summed E-state index contributed by atoms with van der Waals surface area (Å²) in [6.45, 7) is -5.59. The van der Waals surface area contributed by atoms with Gasteiger partial charge >= 0.3 is 0 Å². The van der Waals surface area contributed by atoms with Crippen molar-refractivity contribution in [3.8, 4) is 0 Å². The third-order valence-electron chi connectivity index (χ3n) is 12.4. The lowest BCUT2D eigenvalue weighted by atomic mass is 9.95. The molecule has 0 aromatic heterocycles. The van der Waals surface area contributed by atoms with Gasteiger partial charge in [-0.3, -0.25) is 0 Å². The average molecular weight is 991 g/mol. The maximum atomic E-state index is 11.5. The summed E-state index contributed by atoms with van der Waals surface area (Å²) in [6, 6.07) is 0. The Bertz CT molecular complexity index is 1500. The largest absolute Gasteiger partial charge is 0.394 e. The number of aliphatic hydroxyl groups is 20. The Morgan fingerprint density at radius 2 is 0.597 bits per heavy atom. The Morgan fingerprint density at radius 1 is 0.254 bits per heavy atom. The molecule has 6 saturated heterocycles. The van der Waals surface area contributed by atoms with Gasteiger partial charge in [0.1, 0.15) is 146 Å². The highest BCUT2D eigenvalue weighted by atomic mass is 16.8. The van der Waals surface area contributed by atoms with E-state index >= 15 is 0 Å². The monoisotopic (exact) mass is 990 g/mol. The van der Waals surface area contributed by atoms with E-state index in [0.717, 1.165) is 0 Å². The lowest BCUT2D eigenvalue weighted by Crippen LogP contribution is -2.68. The molecule has 392 valence electrons. The SMILES string of the molecule is OC[C@H]1O[C@@H](O[C@H]2[C@H](O)[C@H](O)C(O)O[C@@H]2CO)[C@H](O)[C@@H](O[C@H]2O[C@H](CO)[C@H](O[C@@H]3O[C@H](CO[C@@H]4O[C@H](CO)[C@@H](O)[C@H](O)[C@H]4O)[C@H](O)[C@H](O)[C@H]3O[C@@H]3O[C@H](CO)[C@@H](O)[C@H](O)[C@H]3O)[C@H](O)[C@H]2O)[C@H]1O. The van der Waals surface area contributed by atoms with Gasteiger partial charge in [0.15, 0.2) is 37.7 Å². The molecule has 0 aromatic rings. The molecule has 0 bridgehead atoms. The zero-order valence-corrected chi connectivity index (χ0v) is 35.0. The predicted octanol–water partition coefficient (Wildman–Crippen LogP) is -14.1. The van der Waals surface area contributed by atoms with Crippen LogP contribution in [0.1, 0.15) is 0 Å². The van der Waals surface area contributed by atoms with Crippen molar-refractivity contribution in [2.45, 2.75) is 184 Å². The van der Waals surface area contributed by atoms with E-state index in [1.165, 1.54) is 0 Å². The predicted molar refractivity (Wildman–Crippen MR) is 199 cm³/mol. The van der Waals surface area contributed by atoms with Crippen molar-refractivity contribution >= 4 is 0 Å². The van der Waals surface area contributed by atoms with Crippen molar-refractivity contribution in [2.75, 3.05) is 39.6 Å². The Labute approximate surface area is 378 Å². The summed E-state index contributed by atoms with van der Waals surface area (Å²) >= 11 is 0. The fraction of sp³-hybridized carbons (Fsp3) is 1.00. The summed E-state index contributed by atoms with van der Waals surface area (Å²) in [5.74, 6) is 0. The normalized spacial score (nSPS) is 53.4. The van der Waals surface area contributed by atoms with Crippen LogP contribution in [0.25, 0.3) is 0 Å². The highest BCUT2D eigenvalue weighted by Gasteiger charge is 2.57. The van der Waals surface area contributed by atoms with E-state index in [4.69, 9.17) is 52.1 Å². The molecule has 6 heterocycles. The van der Waals surface area contributed by atoms with E-state index in [1.54, 1.807) is 0 Å². The molecule has 31 nitrogen and oxygen atoms in total. The van der Waals surface area contributed by atoms with E-state index < -0.39 is 224 Å². The second-order valence-electron chi connectivity index (χ2n) is 16.8. The number of hydrogen-bond acceptors (Lipinski definition) is 31. The molecule has 0 saturated carbocycles. The van der Waals surface area contributed by atoms with Gasteiger partial charge < -0.3 is 154 Å². The van der Waals surface area contributed by atoms with Crippen molar-refractivity contribution in [1.82, 2.24) is 0 Å². The van der Waals surface area contributed by atoms with E-state index in [9.17, 15) is 102 Å². The number of rotatable bonds is 16. The molecule has 0 spiro atoms. The third-order valence-corrected chi connectivity index (χ3v) is 12.4. The molecule has 0 aliphatic carbocycles. The van der Waals surface area contributed by atoms with Crippen molar-refractivity contribution in [1.29, 1.82) is 0 Å². The Balaban J connectivity index is 1.21.